The summed E-state index contributed by atoms with van der Waals surface area (Å²) in [5.41, 5.74) is 1.53. The topological polar surface area (TPSA) is 78.5 Å². The van der Waals surface area contributed by atoms with Gasteiger partial charge in [-0.15, -0.1) is 0 Å². The van der Waals surface area contributed by atoms with E-state index in [2.05, 4.69) is 24.5 Å². The van der Waals surface area contributed by atoms with E-state index in [-0.39, 0.29) is 35.6 Å². The van der Waals surface area contributed by atoms with Gasteiger partial charge in [-0.25, -0.2) is 0 Å². The molecule has 2 N–H and O–H groups in total. The maximum Gasteiger partial charge on any atom is 0.251 e. The number of carbonyl (C=O) groups is 3. The number of amides is 3. The largest absolute Gasteiger partial charge is 0.352 e. The molecule has 1 heterocycles. The van der Waals surface area contributed by atoms with Gasteiger partial charge < -0.3 is 15.5 Å². The number of rotatable bonds is 8. The lowest BCUT2D eigenvalue weighted by molar-refractivity contribution is -0.132. The molecule has 6 nitrogen and oxygen atoms in total. The minimum atomic E-state index is -0.634. The number of carbonyl (C=O) groups excluding carboxylic acids is 3. The first-order valence-electron chi connectivity index (χ1n) is 11.8. The Hall–Kier alpha value is -3.15. The van der Waals surface area contributed by atoms with Gasteiger partial charge in [0.15, 0.2) is 0 Å². The van der Waals surface area contributed by atoms with Crippen LogP contribution in [0.1, 0.15) is 49.5 Å². The summed E-state index contributed by atoms with van der Waals surface area (Å²) in [6.45, 7) is 7.25. The van der Waals surface area contributed by atoms with E-state index in [9.17, 15) is 14.4 Å². The molecule has 2 aromatic rings. The quantitative estimate of drug-likeness (QED) is 0.648. The summed E-state index contributed by atoms with van der Waals surface area (Å²) in [6, 6.07) is 18.0. The first-order valence-corrected chi connectivity index (χ1v) is 11.8. The molecule has 0 radical (unpaired) electrons. The van der Waals surface area contributed by atoms with Crippen molar-refractivity contribution in [2.45, 2.75) is 52.1 Å². The number of piperidine rings is 1. The van der Waals surface area contributed by atoms with Crippen LogP contribution in [0.25, 0.3) is 0 Å². The van der Waals surface area contributed by atoms with Crippen molar-refractivity contribution in [2.24, 2.45) is 11.8 Å². The van der Waals surface area contributed by atoms with Crippen LogP contribution in [0.3, 0.4) is 0 Å². The summed E-state index contributed by atoms with van der Waals surface area (Å²) < 4.78 is 0. The first kappa shape index (κ1) is 24.5. The molecular formula is C27H35N3O3. The van der Waals surface area contributed by atoms with E-state index >= 15 is 0 Å². The Morgan fingerprint density at radius 3 is 2.03 bits per heavy atom. The normalized spacial score (nSPS) is 16.2. The van der Waals surface area contributed by atoms with Crippen molar-refractivity contribution < 1.29 is 14.4 Å². The van der Waals surface area contributed by atoms with Crippen molar-refractivity contribution in [2.75, 3.05) is 13.1 Å². The summed E-state index contributed by atoms with van der Waals surface area (Å²) >= 11 is 0. The molecule has 3 rings (SSSR count). The van der Waals surface area contributed by atoms with E-state index in [4.69, 9.17) is 0 Å². The van der Waals surface area contributed by atoms with Gasteiger partial charge in [0.05, 0.1) is 6.42 Å². The Balaban J connectivity index is 1.65. The van der Waals surface area contributed by atoms with Gasteiger partial charge in [-0.2, -0.15) is 0 Å². The highest BCUT2D eigenvalue weighted by atomic mass is 16.2. The molecule has 0 aliphatic carbocycles. The second-order valence-electron chi connectivity index (χ2n) is 9.24. The number of benzene rings is 2. The minimum absolute atomic E-state index is 0.00108. The number of hydrogen-bond acceptors (Lipinski definition) is 3. The van der Waals surface area contributed by atoms with Crippen LogP contribution in [0.2, 0.25) is 0 Å². The lowest BCUT2D eigenvalue weighted by Crippen LogP contribution is -2.55. The van der Waals surface area contributed by atoms with Gasteiger partial charge in [-0.3, -0.25) is 14.4 Å². The SMILES string of the molecule is CC(C)[C@H](C)NC(=O)[C@@H](NC(=O)c1ccccc1)C1CCN(C(=O)Cc2ccccc2)CC1. The van der Waals surface area contributed by atoms with Crippen LogP contribution >= 0.6 is 0 Å². The molecular weight excluding hydrogens is 414 g/mol. The standard InChI is InChI=1S/C27H35N3O3/c1-19(2)20(3)28-27(33)25(29-26(32)23-12-8-5-9-13-23)22-14-16-30(17-15-22)24(31)18-21-10-6-4-7-11-21/h4-13,19-20,22,25H,14-18H2,1-3H3,(H,28,33)(H,29,32)/t20-,25-/m0/s1. The third-order valence-corrected chi connectivity index (χ3v) is 6.54. The molecule has 0 spiro atoms. The Kier molecular flexibility index (Phi) is 8.64. The molecule has 6 heteroatoms. The van der Waals surface area contributed by atoms with Crippen LogP contribution < -0.4 is 10.6 Å². The number of nitrogens with zero attached hydrogens (tertiary/aromatic N) is 1. The molecule has 0 unspecified atom stereocenters. The Bertz CT molecular complexity index is 922. The Morgan fingerprint density at radius 1 is 0.879 bits per heavy atom. The van der Waals surface area contributed by atoms with Gasteiger partial charge in [0.2, 0.25) is 11.8 Å². The highest BCUT2D eigenvalue weighted by molar-refractivity contribution is 5.97. The van der Waals surface area contributed by atoms with Crippen LogP contribution in [0.15, 0.2) is 60.7 Å². The molecule has 0 saturated carbocycles. The van der Waals surface area contributed by atoms with Crippen LogP contribution in [0.5, 0.6) is 0 Å². The second-order valence-corrected chi connectivity index (χ2v) is 9.24. The lowest BCUT2D eigenvalue weighted by Gasteiger charge is -2.36. The molecule has 1 fully saturated rings. The Labute approximate surface area is 196 Å². The van der Waals surface area contributed by atoms with E-state index in [1.54, 1.807) is 12.1 Å². The van der Waals surface area contributed by atoms with Gasteiger partial charge in [0, 0.05) is 24.7 Å². The molecule has 1 saturated heterocycles. The zero-order valence-corrected chi connectivity index (χ0v) is 19.8. The maximum absolute atomic E-state index is 13.2. The summed E-state index contributed by atoms with van der Waals surface area (Å²) in [7, 11) is 0. The predicted molar refractivity (Wildman–Crippen MR) is 130 cm³/mol. The van der Waals surface area contributed by atoms with Crippen molar-refractivity contribution in [3.05, 3.63) is 71.8 Å². The predicted octanol–water partition coefficient (Wildman–Crippen LogP) is 3.43. The smallest absolute Gasteiger partial charge is 0.251 e. The van der Waals surface area contributed by atoms with E-state index in [1.165, 1.54) is 0 Å². The highest BCUT2D eigenvalue weighted by Crippen LogP contribution is 2.23. The van der Waals surface area contributed by atoms with Gasteiger partial charge in [-0.05, 0) is 49.3 Å². The molecule has 2 aromatic carbocycles. The summed E-state index contributed by atoms with van der Waals surface area (Å²) in [5, 5.41) is 6.04. The number of nitrogens with one attached hydrogen (secondary N) is 2. The van der Waals surface area contributed by atoms with Gasteiger partial charge in [0.25, 0.3) is 5.91 Å². The fourth-order valence-electron chi connectivity index (χ4n) is 4.06. The van der Waals surface area contributed by atoms with E-state index in [1.807, 2.05) is 60.4 Å². The van der Waals surface area contributed by atoms with Crippen molar-refractivity contribution in [1.29, 1.82) is 0 Å². The third-order valence-electron chi connectivity index (χ3n) is 6.54. The van der Waals surface area contributed by atoms with E-state index in [0.717, 1.165) is 5.56 Å². The minimum Gasteiger partial charge on any atom is -0.352 e. The molecule has 1 aliphatic heterocycles. The van der Waals surface area contributed by atoms with Crippen molar-refractivity contribution >= 4 is 17.7 Å². The molecule has 2 atom stereocenters. The maximum atomic E-state index is 13.2. The lowest BCUT2D eigenvalue weighted by atomic mass is 9.88. The summed E-state index contributed by atoms with van der Waals surface area (Å²) in [4.78, 5) is 40.6. The highest BCUT2D eigenvalue weighted by Gasteiger charge is 2.34. The summed E-state index contributed by atoms with van der Waals surface area (Å²) in [6.07, 6.45) is 1.72. The van der Waals surface area contributed by atoms with Crippen LogP contribution in [-0.4, -0.2) is 47.8 Å². The molecule has 0 aromatic heterocycles. The van der Waals surface area contributed by atoms with Gasteiger partial charge >= 0.3 is 0 Å². The monoisotopic (exact) mass is 449 g/mol. The fourth-order valence-corrected chi connectivity index (χ4v) is 4.06. The molecule has 0 bridgehead atoms. The van der Waals surface area contributed by atoms with E-state index < -0.39 is 6.04 Å². The van der Waals surface area contributed by atoms with Crippen molar-refractivity contribution in [3.8, 4) is 0 Å². The molecule has 1 aliphatic rings. The number of likely N-dealkylation sites (tertiary alicyclic amines) is 1. The van der Waals surface area contributed by atoms with Crippen molar-refractivity contribution in [1.82, 2.24) is 15.5 Å². The zero-order chi connectivity index (χ0) is 23.8. The van der Waals surface area contributed by atoms with Crippen molar-refractivity contribution in [3.63, 3.8) is 0 Å². The molecule has 33 heavy (non-hydrogen) atoms. The third kappa shape index (κ3) is 6.91. The van der Waals surface area contributed by atoms with Crippen LogP contribution in [0.4, 0.5) is 0 Å². The molecule has 176 valence electrons. The number of hydrogen-bond donors (Lipinski definition) is 2. The second kappa shape index (κ2) is 11.6. The van der Waals surface area contributed by atoms with Crippen LogP contribution in [0, 0.1) is 11.8 Å². The van der Waals surface area contributed by atoms with E-state index in [0.29, 0.717) is 37.9 Å². The first-order chi connectivity index (χ1) is 15.8. The fraction of sp³-hybridized carbons (Fsp3) is 0.444. The van der Waals surface area contributed by atoms with Crippen LogP contribution in [-0.2, 0) is 16.0 Å². The average molecular weight is 450 g/mol. The molecule has 3 amide bonds. The van der Waals surface area contributed by atoms with Gasteiger partial charge in [0.1, 0.15) is 6.04 Å². The Morgan fingerprint density at radius 2 is 1.45 bits per heavy atom. The average Bonchev–Trinajstić information content (AvgIpc) is 2.83. The van der Waals surface area contributed by atoms with Gasteiger partial charge in [-0.1, -0.05) is 62.4 Å². The zero-order valence-electron chi connectivity index (χ0n) is 19.8. The summed E-state index contributed by atoms with van der Waals surface area (Å²) in [5.74, 6) is -0.0536.